The number of hydrogen-bond donors (Lipinski definition) is 1. The number of hydrogen-bond acceptors (Lipinski definition) is 5. The summed E-state index contributed by atoms with van der Waals surface area (Å²) in [6.07, 6.45) is 0. The molecule has 25 heavy (non-hydrogen) atoms. The van der Waals surface area contributed by atoms with Crippen molar-refractivity contribution in [3.8, 4) is 11.5 Å². The summed E-state index contributed by atoms with van der Waals surface area (Å²) < 4.78 is 10.2. The van der Waals surface area contributed by atoms with Crippen LogP contribution in [0.1, 0.15) is 18.4 Å². The Bertz CT molecular complexity index is 734. The zero-order chi connectivity index (χ0) is 18.2. The van der Waals surface area contributed by atoms with Crippen molar-refractivity contribution in [2.45, 2.75) is 12.8 Å². The van der Waals surface area contributed by atoms with E-state index >= 15 is 0 Å². The van der Waals surface area contributed by atoms with Gasteiger partial charge in [-0.25, -0.2) is 0 Å². The van der Waals surface area contributed by atoms with Crippen molar-refractivity contribution in [3.05, 3.63) is 64.2 Å². The zero-order valence-electron chi connectivity index (χ0n) is 14.1. The molecule has 0 heterocycles. The summed E-state index contributed by atoms with van der Waals surface area (Å²) in [4.78, 5) is 22.4. The lowest BCUT2D eigenvalue weighted by molar-refractivity contribution is -0.385. The number of nitrogens with zero attached hydrogens (tertiary/aromatic N) is 1. The van der Waals surface area contributed by atoms with Gasteiger partial charge in [-0.3, -0.25) is 14.9 Å². The van der Waals surface area contributed by atoms with E-state index in [1.54, 1.807) is 0 Å². The Labute approximate surface area is 145 Å². The number of benzene rings is 2. The highest BCUT2D eigenvalue weighted by Crippen LogP contribution is 2.30. The largest absolute Gasteiger partial charge is 0.496 e. The van der Waals surface area contributed by atoms with Crippen LogP contribution in [0.2, 0.25) is 0 Å². The summed E-state index contributed by atoms with van der Waals surface area (Å²) >= 11 is 0. The molecule has 0 fully saturated rings. The molecule has 0 saturated heterocycles. The molecular formula is C18H20N2O5. The molecule has 0 bridgehead atoms. The van der Waals surface area contributed by atoms with Gasteiger partial charge in [0.05, 0.1) is 18.1 Å². The van der Waals surface area contributed by atoms with Crippen LogP contribution in [0.15, 0.2) is 48.5 Å². The fourth-order valence-corrected chi connectivity index (χ4v) is 2.25. The van der Waals surface area contributed by atoms with Gasteiger partial charge in [-0.1, -0.05) is 37.3 Å². The number of ether oxygens (including phenoxy) is 2. The number of carbonyl (C=O) groups excluding carboxylic acids is 1. The highest BCUT2D eigenvalue weighted by atomic mass is 16.6. The second-order valence-electron chi connectivity index (χ2n) is 5.50. The summed E-state index contributed by atoms with van der Waals surface area (Å²) in [5, 5.41) is 13.8. The fraction of sp³-hybridized carbons (Fsp3) is 0.278. The molecule has 0 radical (unpaired) electrons. The SMILES string of the molecule is COc1ccc(OCC(=O)NC[C@H](C)c2ccccc2)c([N+](=O)[O-])c1. The van der Waals surface area contributed by atoms with E-state index in [1.807, 2.05) is 37.3 Å². The second-order valence-corrected chi connectivity index (χ2v) is 5.50. The van der Waals surface area contributed by atoms with Crippen LogP contribution in [-0.2, 0) is 4.79 Å². The molecule has 1 atom stereocenters. The summed E-state index contributed by atoms with van der Waals surface area (Å²) in [5.74, 6) is 0.186. The van der Waals surface area contributed by atoms with Gasteiger partial charge in [0.1, 0.15) is 5.75 Å². The Balaban J connectivity index is 1.89. The maximum Gasteiger partial charge on any atom is 0.314 e. The Morgan fingerprint density at radius 1 is 1.24 bits per heavy atom. The van der Waals surface area contributed by atoms with E-state index in [0.29, 0.717) is 12.3 Å². The Kier molecular flexibility index (Phi) is 6.33. The van der Waals surface area contributed by atoms with Crippen molar-refractivity contribution in [2.24, 2.45) is 0 Å². The third-order valence-electron chi connectivity index (χ3n) is 3.70. The lowest BCUT2D eigenvalue weighted by Crippen LogP contribution is -2.31. The van der Waals surface area contributed by atoms with E-state index in [2.05, 4.69) is 5.32 Å². The summed E-state index contributed by atoms with van der Waals surface area (Å²) in [5.41, 5.74) is 0.874. The van der Waals surface area contributed by atoms with Crippen LogP contribution in [0.5, 0.6) is 11.5 Å². The first-order valence-electron chi connectivity index (χ1n) is 7.78. The third-order valence-corrected chi connectivity index (χ3v) is 3.70. The lowest BCUT2D eigenvalue weighted by atomic mass is 10.0. The smallest absolute Gasteiger partial charge is 0.314 e. The van der Waals surface area contributed by atoms with Crippen molar-refractivity contribution in [3.63, 3.8) is 0 Å². The molecule has 7 nitrogen and oxygen atoms in total. The van der Waals surface area contributed by atoms with Gasteiger partial charge >= 0.3 is 5.69 Å². The van der Waals surface area contributed by atoms with E-state index < -0.39 is 4.92 Å². The molecular weight excluding hydrogens is 324 g/mol. The van der Waals surface area contributed by atoms with Crippen LogP contribution in [0.25, 0.3) is 0 Å². The second kappa shape index (κ2) is 8.68. The zero-order valence-corrected chi connectivity index (χ0v) is 14.1. The first kappa shape index (κ1) is 18.3. The van der Waals surface area contributed by atoms with Gasteiger partial charge in [0, 0.05) is 6.54 Å². The van der Waals surface area contributed by atoms with Gasteiger partial charge in [-0.15, -0.1) is 0 Å². The Morgan fingerprint density at radius 3 is 2.60 bits per heavy atom. The van der Waals surface area contributed by atoms with Gasteiger partial charge in [0.25, 0.3) is 5.91 Å². The first-order valence-corrected chi connectivity index (χ1v) is 7.78. The van der Waals surface area contributed by atoms with Gasteiger partial charge in [-0.2, -0.15) is 0 Å². The van der Waals surface area contributed by atoms with E-state index in [0.717, 1.165) is 5.56 Å². The molecule has 1 amide bonds. The molecule has 0 aliphatic carbocycles. The Hall–Kier alpha value is -3.09. The minimum atomic E-state index is -0.576. The maximum absolute atomic E-state index is 11.9. The van der Waals surface area contributed by atoms with Crippen LogP contribution in [0, 0.1) is 10.1 Å². The van der Waals surface area contributed by atoms with E-state index in [1.165, 1.54) is 25.3 Å². The number of nitro benzene ring substituents is 1. The maximum atomic E-state index is 11.9. The molecule has 0 aliphatic heterocycles. The van der Waals surface area contributed by atoms with E-state index in [-0.39, 0.29) is 29.9 Å². The van der Waals surface area contributed by atoms with E-state index in [4.69, 9.17) is 9.47 Å². The highest BCUT2D eigenvalue weighted by molar-refractivity contribution is 5.77. The predicted molar refractivity (Wildman–Crippen MR) is 93.0 cm³/mol. The number of carbonyl (C=O) groups is 1. The topological polar surface area (TPSA) is 90.7 Å². The third kappa shape index (κ3) is 5.20. The van der Waals surface area contributed by atoms with Gasteiger partial charge < -0.3 is 14.8 Å². The minimum Gasteiger partial charge on any atom is -0.496 e. The van der Waals surface area contributed by atoms with E-state index in [9.17, 15) is 14.9 Å². The van der Waals surface area contributed by atoms with Crippen LogP contribution in [-0.4, -0.2) is 31.1 Å². The molecule has 2 aromatic rings. The minimum absolute atomic E-state index is 0.0251. The molecule has 0 saturated carbocycles. The molecule has 2 aromatic carbocycles. The van der Waals surface area contributed by atoms with Gasteiger partial charge in [-0.05, 0) is 23.6 Å². The number of nitrogens with one attached hydrogen (secondary N) is 1. The molecule has 0 aromatic heterocycles. The van der Waals surface area contributed by atoms with Crippen molar-refractivity contribution in [1.29, 1.82) is 0 Å². The van der Waals surface area contributed by atoms with Gasteiger partial charge in [0.2, 0.25) is 0 Å². The lowest BCUT2D eigenvalue weighted by Gasteiger charge is -2.13. The summed E-state index contributed by atoms with van der Waals surface area (Å²) in [7, 11) is 1.42. The standard InChI is InChI=1S/C18H20N2O5/c1-13(14-6-4-3-5-7-14)11-19-18(21)12-25-17-9-8-15(24-2)10-16(17)20(22)23/h3-10,13H,11-12H2,1-2H3,(H,19,21)/t13-/m0/s1. The summed E-state index contributed by atoms with van der Waals surface area (Å²) in [6, 6.07) is 14.0. The normalized spacial score (nSPS) is 11.4. The van der Waals surface area contributed by atoms with Crippen LogP contribution < -0.4 is 14.8 Å². The van der Waals surface area contributed by atoms with Crippen molar-refractivity contribution in [1.82, 2.24) is 5.32 Å². The van der Waals surface area contributed by atoms with Crippen LogP contribution in [0.4, 0.5) is 5.69 Å². The highest BCUT2D eigenvalue weighted by Gasteiger charge is 2.17. The van der Waals surface area contributed by atoms with Crippen LogP contribution in [0.3, 0.4) is 0 Å². The molecule has 0 spiro atoms. The van der Waals surface area contributed by atoms with Crippen LogP contribution >= 0.6 is 0 Å². The molecule has 1 N–H and O–H groups in total. The fourth-order valence-electron chi connectivity index (χ4n) is 2.25. The molecule has 7 heteroatoms. The molecule has 2 rings (SSSR count). The van der Waals surface area contributed by atoms with Crippen molar-refractivity contribution >= 4 is 11.6 Å². The average Bonchev–Trinajstić information content (AvgIpc) is 2.64. The number of methoxy groups -OCH3 is 1. The number of rotatable bonds is 8. The average molecular weight is 344 g/mol. The summed E-state index contributed by atoms with van der Waals surface area (Å²) in [6.45, 7) is 2.16. The number of nitro groups is 1. The molecule has 132 valence electrons. The predicted octanol–water partition coefficient (Wildman–Crippen LogP) is 2.90. The Morgan fingerprint density at radius 2 is 1.96 bits per heavy atom. The van der Waals surface area contributed by atoms with Crippen molar-refractivity contribution in [2.75, 3.05) is 20.3 Å². The van der Waals surface area contributed by atoms with Gasteiger partial charge in [0.15, 0.2) is 12.4 Å². The first-order chi connectivity index (χ1) is 12.0. The molecule has 0 unspecified atom stereocenters. The number of amides is 1. The molecule has 0 aliphatic rings. The monoisotopic (exact) mass is 344 g/mol. The van der Waals surface area contributed by atoms with Crippen molar-refractivity contribution < 1.29 is 19.2 Å². The quantitative estimate of drug-likeness (QED) is 0.587.